The maximum absolute atomic E-state index is 2.54. The summed E-state index contributed by atoms with van der Waals surface area (Å²) in [5, 5.41) is 16.4. The number of fused-ring (bicyclic) bond motifs is 20. The molecule has 12 rings (SSSR count). The summed E-state index contributed by atoms with van der Waals surface area (Å²) in [5.74, 6) is 0.796. The van der Waals surface area contributed by atoms with Crippen molar-refractivity contribution in [3.63, 3.8) is 0 Å². The van der Waals surface area contributed by atoms with E-state index in [9.17, 15) is 0 Å². The molecule has 10 aromatic carbocycles. The quantitative estimate of drug-likeness (QED) is 0.153. The van der Waals surface area contributed by atoms with Gasteiger partial charge in [-0.25, -0.2) is 0 Å². The van der Waals surface area contributed by atoms with Gasteiger partial charge in [-0.2, -0.15) is 0 Å². The lowest BCUT2D eigenvalue weighted by Gasteiger charge is -2.41. The molecule has 10 aromatic rings. The van der Waals surface area contributed by atoms with Crippen LogP contribution in [0.1, 0.15) is 76.6 Å². The van der Waals surface area contributed by atoms with Crippen LogP contribution in [0, 0.1) is 11.8 Å². The fourth-order valence-corrected chi connectivity index (χ4v) is 13.2. The van der Waals surface area contributed by atoms with Gasteiger partial charge in [0.1, 0.15) is 0 Å². The van der Waals surface area contributed by atoms with E-state index in [0.29, 0.717) is 11.8 Å². The fourth-order valence-electron chi connectivity index (χ4n) is 13.2. The van der Waals surface area contributed by atoms with Gasteiger partial charge in [-0.15, -0.1) is 0 Å². The summed E-state index contributed by atoms with van der Waals surface area (Å²) in [4.78, 5) is 0. The molecule has 0 saturated heterocycles. The Morgan fingerprint density at radius 3 is 1.13 bits per heavy atom. The van der Waals surface area contributed by atoms with E-state index in [1.807, 2.05) is 0 Å². The van der Waals surface area contributed by atoms with E-state index in [0.717, 1.165) is 12.8 Å². The molecule has 0 bridgehead atoms. The highest BCUT2D eigenvalue weighted by Gasteiger charge is 2.49. The Balaban J connectivity index is 1.11. The summed E-state index contributed by atoms with van der Waals surface area (Å²) >= 11 is 0. The lowest BCUT2D eigenvalue weighted by Crippen LogP contribution is -2.37. The second-order valence-electron chi connectivity index (χ2n) is 18.5. The third kappa shape index (κ3) is 4.32. The molecule has 0 nitrogen and oxygen atoms in total. The molecular weight excluding hydrogens is 721 g/mol. The average Bonchev–Trinajstić information content (AvgIpc) is 3.76. The zero-order valence-electron chi connectivity index (χ0n) is 35.6. The first-order chi connectivity index (χ1) is 29.3. The van der Waals surface area contributed by atoms with Gasteiger partial charge in [0.25, 0.3) is 0 Å². The van der Waals surface area contributed by atoms with E-state index in [4.69, 9.17) is 0 Å². The topological polar surface area (TPSA) is 0 Å². The van der Waals surface area contributed by atoms with Crippen LogP contribution in [0.25, 0.3) is 98.0 Å². The Morgan fingerprint density at radius 1 is 0.350 bits per heavy atom. The lowest BCUT2D eigenvalue weighted by molar-refractivity contribution is 0.282. The molecule has 0 fully saturated rings. The molecule has 0 heterocycles. The Labute approximate surface area is 353 Å². The van der Waals surface area contributed by atoms with Gasteiger partial charge in [0, 0.05) is 10.8 Å². The molecule has 0 unspecified atom stereocenters. The van der Waals surface area contributed by atoms with E-state index >= 15 is 0 Å². The van der Waals surface area contributed by atoms with Crippen LogP contribution in [0.4, 0.5) is 0 Å². The van der Waals surface area contributed by atoms with Gasteiger partial charge >= 0.3 is 0 Å². The molecule has 2 aliphatic rings. The number of hydrogen-bond donors (Lipinski definition) is 0. The fraction of sp³-hybridized carbons (Fsp3) is 0.200. The number of benzene rings is 10. The zero-order valence-corrected chi connectivity index (χ0v) is 35.6. The normalized spacial score (nSPS) is 14.9. The van der Waals surface area contributed by atoms with Crippen molar-refractivity contribution in [1.29, 1.82) is 0 Å². The summed E-state index contributed by atoms with van der Waals surface area (Å²) < 4.78 is 0. The molecule has 0 N–H and O–H groups in total. The first kappa shape index (κ1) is 35.7. The minimum absolute atomic E-state index is 0.0626. The Bertz CT molecular complexity index is 3380. The molecule has 0 atom stereocenters. The number of rotatable bonds is 5. The summed E-state index contributed by atoms with van der Waals surface area (Å²) in [6.45, 7) is 14.6. The Kier molecular flexibility index (Phi) is 7.52. The van der Waals surface area contributed by atoms with Crippen molar-refractivity contribution in [2.75, 3.05) is 0 Å². The molecule has 2 aliphatic carbocycles. The van der Waals surface area contributed by atoms with Crippen molar-refractivity contribution in [3.8, 4) is 33.4 Å². The van der Waals surface area contributed by atoms with Gasteiger partial charge in [-0.05, 0) is 157 Å². The predicted molar refractivity (Wildman–Crippen MR) is 260 cm³/mol. The van der Waals surface area contributed by atoms with Crippen LogP contribution in [0.5, 0.6) is 0 Å². The highest BCUT2D eigenvalue weighted by molar-refractivity contribution is 6.29. The average molecular weight is 771 g/mol. The van der Waals surface area contributed by atoms with Crippen LogP contribution in [-0.4, -0.2) is 0 Å². The summed E-state index contributed by atoms with van der Waals surface area (Å²) in [6, 6.07) is 61.0. The zero-order chi connectivity index (χ0) is 40.7. The van der Waals surface area contributed by atoms with Crippen LogP contribution in [0.15, 0.2) is 158 Å². The van der Waals surface area contributed by atoms with Crippen molar-refractivity contribution >= 4 is 64.6 Å². The van der Waals surface area contributed by atoms with Gasteiger partial charge in [0.15, 0.2) is 0 Å². The second kappa shape index (κ2) is 12.6. The van der Waals surface area contributed by atoms with Crippen LogP contribution in [-0.2, 0) is 10.8 Å². The molecule has 0 aromatic heterocycles. The third-order valence-corrected chi connectivity index (χ3v) is 15.7. The Morgan fingerprint density at radius 2 is 0.700 bits per heavy atom. The first-order valence-corrected chi connectivity index (χ1v) is 22.4. The first-order valence-electron chi connectivity index (χ1n) is 22.4. The van der Waals surface area contributed by atoms with Gasteiger partial charge in [-0.1, -0.05) is 187 Å². The van der Waals surface area contributed by atoms with E-state index in [1.165, 1.54) is 120 Å². The van der Waals surface area contributed by atoms with Crippen LogP contribution >= 0.6 is 0 Å². The molecule has 0 heteroatoms. The minimum atomic E-state index is -0.138. The van der Waals surface area contributed by atoms with Crippen LogP contribution in [0.3, 0.4) is 0 Å². The molecule has 0 aliphatic heterocycles. The molecule has 0 saturated carbocycles. The van der Waals surface area contributed by atoms with Crippen LogP contribution < -0.4 is 0 Å². The SMILES string of the molecule is CCC1(CC)c2ccc(-c3ccc4c(c3)-c3ccc5c6ccccc6c6ccccc6c5c3C4(C(C)C)C(C)C)cc2-c2ccc3c4ccccc4c4ccccc4c3c21. The second-order valence-corrected chi connectivity index (χ2v) is 18.5. The molecular formula is C60H50. The largest absolute Gasteiger partial charge is 0.0642 e. The van der Waals surface area contributed by atoms with Gasteiger partial charge in [-0.3, -0.25) is 0 Å². The van der Waals surface area contributed by atoms with Crippen molar-refractivity contribution in [2.45, 2.75) is 65.2 Å². The molecule has 290 valence electrons. The summed E-state index contributed by atoms with van der Waals surface area (Å²) in [6.07, 6.45) is 2.12. The van der Waals surface area contributed by atoms with E-state index < -0.39 is 0 Å². The molecule has 60 heavy (non-hydrogen) atoms. The van der Waals surface area contributed by atoms with Gasteiger partial charge in [0.05, 0.1) is 0 Å². The van der Waals surface area contributed by atoms with Gasteiger partial charge < -0.3 is 0 Å². The van der Waals surface area contributed by atoms with Crippen molar-refractivity contribution < 1.29 is 0 Å². The maximum atomic E-state index is 2.54. The maximum Gasteiger partial charge on any atom is 0.0267 e. The minimum Gasteiger partial charge on any atom is -0.0642 e. The summed E-state index contributed by atoms with van der Waals surface area (Å²) in [7, 11) is 0. The van der Waals surface area contributed by atoms with E-state index in [-0.39, 0.29) is 10.8 Å². The smallest absolute Gasteiger partial charge is 0.0267 e. The van der Waals surface area contributed by atoms with Gasteiger partial charge in [0.2, 0.25) is 0 Å². The lowest BCUT2D eigenvalue weighted by atomic mass is 9.62. The third-order valence-electron chi connectivity index (χ3n) is 15.7. The van der Waals surface area contributed by atoms with E-state index in [1.54, 1.807) is 0 Å². The standard InChI is InChI=1S/C60H50/c1-7-59(8-2)53-31-25-37(33-51(53)49-29-27-47-43-21-11-9-17-39(43)41-19-13-15-23-45(41)55(47)57(49)59)38-26-32-54-52(34-38)50-30-28-48-44-22-12-10-18-40(44)42-20-14-16-24-46(42)56(48)58(50)60(54,35(3)4)36(5)6/h9-36H,7-8H2,1-6H3. The molecule has 0 spiro atoms. The van der Waals surface area contributed by atoms with E-state index in [2.05, 4.69) is 199 Å². The monoisotopic (exact) mass is 770 g/mol. The highest BCUT2D eigenvalue weighted by atomic mass is 14.5. The molecule has 0 amide bonds. The molecule has 0 radical (unpaired) electrons. The van der Waals surface area contributed by atoms with Crippen molar-refractivity contribution in [3.05, 3.63) is 180 Å². The van der Waals surface area contributed by atoms with Crippen molar-refractivity contribution in [2.24, 2.45) is 11.8 Å². The van der Waals surface area contributed by atoms with Crippen molar-refractivity contribution in [1.82, 2.24) is 0 Å². The number of hydrogen-bond acceptors (Lipinski definition) is 0. The van der Waals surface area contributed by atoms with Crippen LogP contribution in [0.2, 0.25) is 0 Å². The Hall–Kier alpha value is -6.24. The predicted octanol–water partition coefficient (Wildman–Crippen LogP) is 16.9. The highest BCUT2D eigenvalue weighted by Crippen LogP contribution is 2.61. The summed E-state index contributed by atoms with van der Waals surface area (Å²) in [5.41, 5.74) is 14.0.